The molecule has 3 rings (SSSR count). The average molecular weight is 283 g/mol. The van der Waals surface area contributed by atoms with E-state index in [0.29, 0.717) is 5.56 Å². The molecule has 0 bridgehead atoms. The second kappa shape index (κ2) is 4.97. The molecule has 0 saturated heterocycles. The van der Waals surface area contributed by atoms with Gasteiger partial charge in [-0.25, -0.2) is 0 Å². The molecule has 2 aromatic heterocycles. The van der Waals surface area contributed by atoms with Crippen LogP contribution in [-0.2, 0) is 13.6 Å². The smallest absolute Gasteiger partial charge is 0.170 e. The lowest BCUT2D eigenvalue weighted by molar-refractivity contribution is 0.318. The first-order valence-electron chi connectivity index (χ1n) is 6.65. The summed E-state index contributed by atoms with van der Waals surface area (Å²) in [6, 6.07) is 9.85. The van der Waals surface area contributed by atoms with Crippen LogP contribution in [0.4, 0.5) is 0 Å². The Morgan fingerprint density at radius 2 is 2.14 bits per heavy atom. The summed E-state index contributed by atoms with van der Waals surface area (Å²) in [6.45, 7) is 2.70. The third kappa shape index (κ3) is 2.35. The molecule has 6 nitrogen and oxygen atoms in total. The van der Waals surface area contributed by atoms with Crippen LogP contribution in [0.25, 0.3) is 10.9 Å². The highest BCUT2D eigenvalue weighted by Crippen LogP contribution is 2.19. The van der Waals surface area contributed by atoms with Gasteiger partial charge < -0.3 is 15.5 Å². The first-order chi connectivity index (χ1) is 10.1. The Balaban J connectivity index is 2.04. The highest BCUT2D eigenvalue weighted by molar-refractivity contribution is 6.00. The van der Waals surface area contributed by atoms with E-state index in [1.165, 1.54) is 0 Å². The lowest BCUT2D eigenvalue weighted by Gasteiger charge is -2.07. The summed E-state index contributed by atoms with van der Waals surface area (Å²) in [5.41, 5.74) is 9.53. The van der Waals surface area contributed by atoms with Crippen LogP contribution in [0.5, 0.6) is 0 Å². The van der Waals surface area contributed by atoms with Crippen molar-refractivity contribution >= 4 is 16.7 Å². The Hall–Kier alpha value is -2.76. The van der Waals surface area contributed by atoms with Crippen molar-refractivity contribution in [1.82, 2.24) is 14.3 Å². The molecule has 6 heteroatoms. The van der Waals surface area contributed by atoms with Crippen molar-refractivity contribution in [2.45, 2.75) is 13.5 Å². The van der Waals surface area contributed by atoms with E-state index in [0.717, 1.165) is 28.8 Å². The highest BCUT2D eigenvalue weighted by atomic mass is 16.4. The van der Waals surface area contributed by atoms with Crippen LogP contribution in [0.2, 0.25) is 0 Å². The van der Waals surface area contributed by atoms with Crippen molar-refractivity contribution in [3.05, 3.63) is 53.5 Å². The molecular weight excluding hydrogens is 266 g/mol. The van der Waals surface area contributed by atoms with Gasteiger partial charge >= 0.3 is 0 Å². The standard InChI is InChI=1S/C15H17N5O/c1-10-7-13(19(2)17-10)9-20-6-5-11-3-4-12(8-14(11)20)15(16)18-21/h3-8,21H,9H2,1-2H3,(H2,16,18). The fraction of sp³-hybridized carbons (Fsp3) is 0.200. The number of aromatic nitrogens is 3. The second-order valence-electron chi connectivity index (χ2n) is 5.10. The van der Waals surface area contributed by atoms with Crippen LogP contribution in [0, 0.1) is 6.92 Å². The molecule has 0 saturated carbocycles. The van der Waals surface area contributed by atoms with Crippen molar-refractivity contribution in [2.75, 3.05) is 0 Å². The van der Waals surface area contributed by atoms with Gasteiger partial charge in [0.25, 0.3) is 0 Å². The number of nitrogens with two attached hydrogens (primary N) is 1. The van der Waals surface area contributed by atoms with E-state index >= 15 is 0 Å². The van der Waals surface area contributed by atoms with Gasteiger partial charge in [-0.2, -0.15) is 5.10 Å². The van der Waals surface area contributed by atoms with E-state index in [4.69, 9.17) is 10.9 Å². The minimum absolute atomic E-state index is 0.112. The maximum atomic E-state index is 8.80. The van der Waals surface area contributed by atoms with Gasteiger partial charge in [-0.15, -0.1) is 0 Å². The quantitative estimate of drug-likeness (QED) is 0.333. The summed E-state index contributed by atoms with van der Waals surface area (Å²) >= 11 is 0. The van der Waals surface area contributed by atoms with Gasteiger partial charge in [0, 0.05) is 24.3 Å². The van der Waals surface area contributed by atoms with Crippen LogP contribution in [0.3, 0.4) is 0 Å². The van der Waals surface area contributed by atoms with Crippen molar-refractivity contribution in [1.29, 1.82) is 0 Å². The Kier molecular flexibility index (Phi) is 3.13. The summed E-state index contributed by atoms with van der Waals surface area (Å²) in [5.74, 6) is 0.112. The van der Waals surface area contributed by atoms with Gasteiger partial charge in [-0.3, -0.25) is 4.68 Å². The number of fused-ring (bicyclic) bond motifs is 1. The van der Waals surface area contributed by atoms with Gasteiger partial charge in [-0.1, -0.05) is 17.3 Å². The topological polar surface area (TPSA) is 81.4 Å². The van der Waals surface area contributed by atoms with Gasteiger partial charge in [0.05, 0.1) is 17.9 Å². The molecule has 0 fully saturated rings. The molecule has 108 valence electrons. The normalized spacial score (nSPS) is 12.2. The molecular formula is C15H17N5O. The predicted octanol–water partition coefficient (Wildman–Crippen LogP) is 1.83. The molecule has 0 amide bonds. The Bertz CT molecular complexity index is 828. The van der Waals surface area contributed by atoms with Crippen molar-refractivity contribution in [2.24, 2.45) is 17.9 Å². The molecule has 2 heterocycles. The average Bonchev–Trinajstić information content (AvgIpc) is 3.01. The highest BCUT2D eigenvalue weighted by Gasteiger charge is 2.08. The number of hydrogen-bond acceptors (Lipinski definition) is 3. The predicted molar refractivity (Wildman–Crippen MR) is 81.5 cm³/mol. The molecule has 3 N–H and O–H groups in total. The molecule has 0 aliphatic heterocycles. The van der Waals surface area contributed by atoms with Crippen LogP contribution in [0.1, 0.15) is 17.0 Å². The molecule has 1 aromatic carbocycles. The third-order valence-corrected chi connectivity index (χ3v) is 3.61. The summed E-state index contributed by atoms with van der Waals surface area (Å²) in [4.78, 5) is 0. The number of rotatable bonds is 3. The molecule has 0 radical (unpaired) electrons. The summed E-state index contributed by atoms with van der Waals surface area (Å²) in [5, 5.41) is 17.3. The van der Waals surface area contributed by atoms with Crippen molar-refractivity contribution < 1.29 is 5.21 Å². The van der Waals surface area contributed by atoms with E-state index in [2.05, 4.69) is 27.0 Å². The monoisotopic (exact) mass is 283 g/mol. The fourth-order valence-electron chi connectivity index (χ4n) is 2.53. The number of aryl methyl sites for hydroxylation is 2. The van der Waals surface area contributed by atoms with Crippen LogP contribution >= 0.6 is 0 Å². The molecule has 0 unspecified atom stereocenters. The van der Waals surface area contributed by atoms with E-state index in [1.807, 2.05) is 43.0 Å². The lowest BCUT2D eigenvalue weighted by atomic mass is 10.1. The minimum atomic E-state index is 0.112. The molecule has 0 spiro atoms. The molecule has 3 aromatic rings. The number of nitrogens with zero attached hydrogens (tertiary/aromatic N) is 4. The zero-order valence-corrected chi connectivity index (χ0v) is 12.0. The lowest BCUT2D eigenvalue weighted by Crippen LogP contribution is -2.13. The van der Waals surface area contributed by atoms with E-state index in [-0.39, 0.29) is 5.84 Å². The van der Waals surface area contributed by atoms with Crippen LogP contribution < -0.4 is 5.73 Å². The number of oxime groups is 1. The number of hydrogen-bond donors (Lipinski definition) is 2. The Morgan fingerprint density at radius 1 is 1.33 bits per heavy atom. The Morgan fingerprint density at radius 3 is 2.81 bits per heavy atom. The number of benzene rings is 1. The van der Waals surface area contributed by atoms with Crippen LogP contribution in [-0.4, -0.2) is 25.4 Å². The zero-order chi connectivity index (χ0) is 15.0. The first-order valence-corrected chi connectivity index (χ1v) is 6.65. The molecule has 0 aliphatic rings. The van der Waals surface area contributed by atoms with Crippen molar-refractivity contribution in [3.63, 3.8) is 0 Å². The zero-order valence-electron chi connectivity index (χ0n) is 12.0. The maximum absolute atomic E-state index is 8.80. The van der Waals surface area contributed by atoms with Crippen molar-refractivity contribution in [3.8, 4) is 0 Å². The fourth-order valence-corrected chi connectivity index (χ4v) is 2.53. The summed E-state index contributed by atoms with van der Waals surface area (Å²) < 4.78 is 4.01. The van der Waals surface area contributed by atoms with Crippen LogP contribution in [0.15, 0.2) is 41.7 Å². The Labute approximate surface area is 122 Å². The SMILES string of the molecule is Cc1cc(Cn2ccc3ccc(/C(N)=N/O)cc32)n(C)n1. The van der Waals surface area contributed by atoms with E-state index in [9.17, 15) is 0 Å². The molecule has 0 aliphatic carbocycles. The van der Waals surface area contributed by atoms with Gasteiger partial charge in [0.1, 0.15) is 0 Å². The summed E-state index contributed by atoms with van der Waals surface area (Å²) in [6.07, 6.45) is 2.03. The largest absolute Gasteiger partial charge is 0.409 e. The second-order valence-corrected chi connectivity index (χ2v) is 5.10. The number of amidine groups is 1. The van der Waals surface area contributed by atoms with Gasteiger partial charge in [0.2, 0.25) is 0 Å². The minimum Gasteiger partial charge on any atom is -0.409 e. The molecule has 0 atom stereocenters. The first kappa shape index (κ1) is 13.2. The van der Waals surface area contributed by atoms with Gasteiger partial charge in [0.15, 0.2) is 5.84 Å². The van der Waals surface area contributed by atoms with E-state index in [1.54, 1.807) is 0 Å². The summed E-state index contributed by atoms with van der Waals surface area (Å²) in [7, 11) is 1.94. The van der Waals surface area contributed by atoms with E-state index < -0.39 is 0 Å². The molecule has 21 heavy (non-hydrogen) atoms. The maximum Gasteiger partial charge on any atom is 0.170 e. The van der Waals surface area contributed by atoms with Gasteiger partial charge in [-0.05, 0) is 30.5 Å². The third-order valence-electron chi connectivity index (χ3n) is 3.61.